The third-order valence-corrected chi connectivity index (χ3v) is 6.55. The Balaban J connectivity index is 0.00000353. The van der Waals surface area contributed by atoms with Gasteiger partial charge in [0.05, 0.1) is 5.52 Å². The van der Waals surface area contributed by atoms with Crippen LogP contribution >= 0.6 is 7.82 Å². The van der Waals surface area contributed by atoms with Gasteiger partial charge in [0.2, 0.25) is 5.95 Å². The number of phosphoric acid groups is 1. The molecule has 5 N–H and O–H groups in total. The van der Waals surface area contributed by atoms with E-state index >= 15 is 0 Å². The molecule has 5 rings (SSSR count). The van der Waals surface area contributed by atoms with Crippen LogP contribution in [0.3, 0.4) is 0 Å². The van der Waals surface area contributed by atoms with Crippen LogP contribution in [0.2, 0.25) is 0 Å². The first-order valence-electron chi connectivity index (χ1n) is 11.8. The predicted molar refractivity (Wildman–Crippen MR) is 146 cm³/mol. The van der Waals surface area contributed by atoms with Crippen LogP contribution in [0.25, 0.3) is 11.1 Å². The van der Waals surface area contributed by atoms with E-state index in [1.807, 2.05) is 6.92 Å². The summed E-state index contributed by atoms with van der Waals surface area (Å²) in [7, 11) is -4.79. The molecule has 1 fully saturated rings. The average molecular weight is 564 g/mol. The standard InChI is InChI=1S/C24H25N6O7P.Na.H/c1-14-12-25-23(28-17-7-5-15(6-8-17)22(31)27-16-3-2-4-16)29-21(14)26-18-9-10-20-19(11-18)30(24(32)37-20)13-36-38(33,34)35;;/h5-12,16H,2-4,13H2,1H3,(H,27,31)(H2,33,34,35)(H2,25,26,28,29);;. The van der Waals surface area contributed by atoms with E-state index in [4.69, 9.17) is 14.2 Å². The van der Waals surface area contributed by atoms with Crippen molar-refractivity contribution in [2.24, 2.45) is 0 Å². The van der Waals surface area contributed by atoms with Crippen LogP contribution in [-0.4, -0.2) is 65.8 Å². The number of benzene rings is 2. The first-order chi connectivity index (χ1) is 18.1. The Hall–Kier alpha value is -3.03. The van der Waals surface area contributed by atoms with Gasteiger partial charge >= 0.3 is 43.1 Å². The van der Waals surface area contributed by atoms with Crippen molar-refractivity contribution in [1.82, 2.24) is 19.9 Å². The van der Waals surface area contributed by atoms with Crippen LogP contribution in [0.1, 0.15) is 35.2 Å². The number of aryl methyl sites for hydroxylation is 1. The topological polar surface area (TPSA) is 181 Å². The summed E-state index contributed by atoms with van der Waals surface area (Å²) in [5, 5.41) is 9.28. The third-order valence-electron chi connectivity index (χ3n) is 6.10. The van der Waals surface area contributed by atoms with E-state index in [0.717, 1.165) is 29.4 Å². The number of anilines is 4. The molecule has 2 heterocycles. The number of nitrogens with one attached hydrogen (secondary N) is 3. The van der Waals surface area contributed by atoms with E-state index in [-0.39, 0.29) is 52.6 Å². The second-order valence-electron chi connectivity index (χ2n) is 8.88. The van der Waals surface area contributed by atoms with Crippen LogP contribution in [-0.2, 0) is 15.8 Å². The van der Waals surface area contributed by atoms with E-state index < -0.39 is 20.3 Å². The zero-order valence-corrected chi connectivity index (χ0v) is 21.1. The molecule has 15 heteroatoms. The minimum atomic E-state index is -4.79. The van der Waals surface area contributed by atoms with Gasteiger partial charge < -0.3 is 30.2 Å². The maximum atomic E-state index is 12.3. The van der Waals surface area contributed by atoms with Crippen molar-refractivity contribution >= 4 is 77.5 Å². The van der Waals surface area contributed by atoms with Crippen molar-refractivity contribution < 1.29 is 28.1 Å². The molecule has 1 aliphatic rings. The van der Waals surface area contributed by atoms with Gasteiger partial charge in [0.1, 0.15) is 12.5 Å². The molecule has 0 spiro atoms. The molecule has 0 radical (unpaired) electrons. The van der Waals surface area contributed by atoms with E-state index in [1.54, 1.807) is 48.7 Å². The van der Waals surface area contributed by atoms with Crippen molar-refractivity contribution in [3.8, 4) is 0 Å². The number of hydrogen-bond acceptors (Lipinski definition) is 9. The van der Waals surface area contributed by atoms with Gasteiger partial charge in [0.25, 0.3) is 5.91 Å². The Morgan fingerprint density at radius 3 is 2.54 bits per heavy atom. The first kappa shape index (κ1) is 29.0. The van der Waals surface area contributed by atoms with Crippen LogP contribution < -0.4 is 21.7 Å². The third kappa shape index (κ3) is 7.14. The zero-order valence-electron chi connectivity index (χ0n) is 20.2. The van der Waals surface area contributed by atoms with Crippen molar-refractivity contribution in [2.45, 2.75) is 39.0 Å². The molecular formula is C24H26N6NaO7P. The number of hydrogen-bond donors (Lipinski definition) is 5. The normalized spacial score (nSPS) is 13.4. The quantitative estimate of drug-likeness (QED) is 0.149. The number of aromatic nitrogens is 3. The SMILES string of the molecule is Cc1cnc(Nc2ccc(C(=O)NC3CCC3)cc2)nc1Nc1ccc2oc(=O)n(COP(=O)(O)O)c2c1.[NaH]. The van der Waals surface area contributed by atoms with Gasteiger partial charge in [0.15, 0.2) is 5.58 Å². The Morgan fingerprint density at radius 2 is 1.87 bits per heavy atom. The zero-order chi connectivity index (χ0) is 26.9. The van der Waals surface area contributed by atoms with Crippen molar-refractivity contribution in [1.29, 1.82) is 0 Å². The van der Waals surface area contributed by atoms with Gasteiger partial charge in [-0.25, -0.2) is 18.9 Å². The Labute approximate surface area is 244 Å². The van der Waals surface area contributed by atoms with Gasteiger partial charge in [-0.1, -0.05) is 0 Å². The van der Waals surface area contributed by atoms with E-state index in [1.165, 1.54) is 0 Å². The Morgan fingerprint density at radius 1 is 1.15 bits per heavy atom. The maximum absolute atomic E-state index is 12.3. The number of carbonyl (C=O) groups is 1. The van der Waals surface area contributed by atoms with Crippen molar-refractivity contribution in [3.05, 3.63) is 70.3 Å². The number of nitrogens with zero attached hydrogens (tertiary/aromatic N) is 3. The van der Waals surface area contributed by atoms with Crippen LogP contribution in [0.15, 0.2) is 57.9 Å². The number of amides is 1. The number of fused-ring (bicyclic) bond motifs is 1. The monoisotopic (exact) mass is 564 g/mol. The molecule has 4 aromatic rings. The molecule has 2 aromatic heterocycles. The number of phosphoric ester groups is 1. The van der Waals surface area contributed by atoms with E-state index in [0.29, 0.717) is 28.7 Å². The van der Waals surface area contributed by atoms with E-state index in [2.05, 4.69) is 30.4 Å². The summed E-state index contributed by atoms with van der Waals surface area (Å²) >= 11 is 0. The molecule has 0 bridgehead atoms. The van der Waals surface area contributed by atoms with Crippen LogP contribution in [0.4, 0.5) is 23.1 Å². The molecular weight excluding hydrogens is 538 g/mol. The molecule has 1 saturated carbocycles. The molecule has 13 nitrogen and oxygen atoms in total. The molecule has 1 aliphatic carbocycles. The second kappa shape index (κ2) is 12.0. The number of oxazole rings is 1. The molecule has 200 valence electrons. The number of carbonyl (C=O) groups excluding carboxylic acids is 1. The number of rotatable bonds is 9. The van der Waals surface area contributed by atoms with Gasteiger partial charge in [-0.3, -0.25) is 9.32 Å². The van der Waals surface area contributed by atoms with Crippen molar-refractivity contribution in [2.75, 3.05) is 10.6 Å². The molecule has 0 atom stereocenters. The fraction of sp³-hybridized carbons (Fsp3) is 0.250. The molecule has 0 saturated heterocycles. The van der Waals surface area contributed by atoms with Gasteiger partial charge in [0, 0.05) is 34.7 Å². The first-order valence-corrected chi connectivity index (χ1v) is 13.3. The van der Waals surface area contributed by atoms with Crippen LogP contribution in [0, 0.1) is 6.92 Å². The molecule has 0 aliphatic heterocycles. The fourth-order valence-corrected chi connectivity index (χ4v) is 4.08. The Bertz CT molecular complexity index is 1600. The van der Waals surface area contributed by atoms with Gasteiger partial charge in [-0.05, 0) is 68.7 Å². The second-order valence-corrected chi connectivity index (χ2v) is 10.1. The van der Waals surface area contributed by atoms with Gasteiger partial charge in [-0.15, -0.1) is 0 Å². The Kier molecular flexibility index (Phi) is 8.92. The van der Waals surface area contributed by atoms with E-state index in [9.17, 15) is 14.2 Å². The summed E-state index contributed by atoms with van der Waals surface area (Å²) < 4.78 is 21.6. The van der Waals surface area contributed by atoms with Crippen molar-refractivity contribution in [3.63, 3.8) is 0 Å². The predicted octanol–water partition coefficient (Wildman–Crippen LogP) is 2.88. The summed E-state index contributed by atoms with van der Waals surface area (Å²) in [4.78, 5) is 51.2. The minimum absolute atomic E-state index is 0. The average Bonchev–Trinajstić information content (AvgIpc) is 3.16. The van der Waals surface area contributed by atoms with Gasteiger partial charge in [-0.2, -0.15) is 4.98 Å². The molecule has 2 aromatic carbocycles. The summed E-state index contributed by atoms with van der Waals surface area (Å²) in [5.74, 6) is -0.0993. The molecule has 0 unspecified atom stereocenters. The summed E-state index contributed by atoms with van der Waals surface area (Å²) in [6, 6.07) is 12.1. The summed E-state index contributed by atoms with van der Waals surface area (Å²) in [5.41, 5.74) is 3.06. The van der Waals surface area contributed by atoms with Crippen LogP contribution in [0.5, 0.6) is 0 Å². The molecule has 1 amide bonds. The fourth-order valence-electron chi connectivity index (χ4n) is 3.82. The summed E-state index contributed by atoms with van der Waals surface area (Å²) in [6.07, 6.45) is 4.83. The summed E-state index contributed by atoms with van der Waals surface area (Å²) in [6.45, 7) is 1.14. The molecule has 39 heavy (non-hydrogen) atoms.